The number of benzene rings is 2. The number of rotatable bonds is 2. The van der Waals surface area contributed by atoms with Gasteiger partial charge in [-0.3, -0.25) is 0 Å². The summed E-state index contributed by atoms with van der Waals surface area (Å²) in [6.07, 6.45) is 0. The molecule has 0 aliphatic carbocycles. The Morgan fingerprint density at radius 2 is 1.48 bits per heavy atom. The van der Waals surface area contributed by atoms with Crippen LogP contribution in [0.3, 0.4) is 0 Å². The van der Waals surface area contributed by atoms with Crippen molar-refractivity contribution in [1.82, 2.24) is 4.98 Å². The van der Waals surface area contributed by atoms with Crippen molar-refractivity contribution >= 4 is 11.1 Å². The highest BCUT2D eigenvalue weighted by atomic mass is 16.3. The molecular formula is C21H17NO. The van der Waals surface area contributed by atoms with Crippen LogP contribution in [-0.2, 0) is 0 Å². The minimum Gasteiger partial charge on any atom is -0.454 e. The minimum atomic E-state index is 0.817. The Morgan fingerprint density at radius 1 is 0.739 bits per heavy atom. The van der Waals surface area contributed by atoms with E-state index in [4.69, 9.17) is 9.40 Å². The number of hydrogen-bond acceptors (Lipinski definition) is 2. The Bertz CT molecular complexity index is 963. The van der Waals surface area contributed by atoms with Crippen LogP contribution in [0.4, 0.5) is 0 Å². The molecule has 23 heavy (non-hydrogen) atoms. The zero-order chi connectivity index (χ0) is 15.8. The van der Waals surface area contributed by atoms with Crippen LogP contribution in [0.5, 0.6) is 0 Å². The smallest absolute Gasteiger partial charge is 0.153 e. The Morgan fingerprint density at radius 3 is 2.22 bits per heavy atom. The van der Waals surface area contributed by atoms with Crippen molar-refractivity contribution in [1.29, 1.82) is 0 Å². The van der Waals surface area contributed by atoms with Crippen LogP contribution >= 0.6 is 0 Å². The first-order valence-corrected chi connectivity index (χ1v) is 7.74. The molecule has 2 heterocycles. The van der Waals surface area contributed by atoms with E-state index in [-0.39, 0.29) is 0 Å². The summed E-state index contributed by atoms with van der Waals surface area (Å²) in [5, 5.41) is 0. The maximum Gasteiger partial charge on any atom is 0.153 e. The van der Waals surface area contributed by atoms with Crippen LogP contribution in [0.2, 0.25) is 0 Å². The van der Waals surface area contributed by atoms with Gasteiger partial charge in [0.05, 0.1) is 5.69 Å². The largest absolute Gasteiger partial charge is 0.454 e. The fourth-order valence-corrected chi connectivity index (χ4v) is 2.95. The zero-order valence-electron chi connectivity index (χ0n) is 13.2. The molecule has 2 aromatic carbocycles. The Balaban J connectivity index is 1.82. The molecule has 0 spiro atoms. The van der Waals surface area contributed by atoms with Crippen LogP contribution in [0.25, 0.3) is 33.7 Å². The summed E-state index contributed by atoms with van der Waals surface area (Å²) in [6.45, 7) is 4.22. The van der Waals surface area contributed by atoms with Crippen molar-refractivity contribution in [3.8, 4) is 22.6 Å². The topological polar surface area (TPSA) is 26.0 Å². The molecule has 0 saturated carbocycles. The summed E-state index contributed by atoms with van der Waals surface area (Å²) < 4.78 is 5.93. The predicted molar refractivity (Wildman–Crippen MR) is 94.4 cm³/mol. The second-order valence-electron chi connectivity index (χ2n) is 5.93. The Kier molecular flexibility index (Phi) is 3.23. The van der Waals surface area contributed by atoms with E-state index in [0.717, 1.165) is 33.7 Å². The second-order valence-corrected chi connectivity index (χ2v) is 5.93. The molecule has 0 bridgehead atoms. The molecule has 0 atom stereocenters. The summed E-state index contributed by atoms with van der Waals surface area (Å²) in [4.78, 5) is 4.78. The first-order chi connectivity index (χ1) is 11.2. The molecule has 4 rings (SSSR count). The van der Waals surface area contributed by atoms with Crippen molar-refractivity contribution in [2.75, 3.05) is 0 Å². The van der Waals surface area contributed by atoms with Gasteiger partial charge < -0.3 is 4.42 Å². The average molecular weight is 299 g/mol. The van der Waals surface area contributed by atoms with Gasteiger partial charge in [-0.1, -0.05) is 47.5 Å². The minimum absolute atomic E-state index is 0.817. The first kappa shape index (κ1) is 13.8. The Hall–Kier alpha value is -2.87. The predicted octanol–water partition coefficient (Wildman–Crippen LogP) is 5.78. The lowest BCUT2D eigenvalue weighted by atomic mass is 10.0. The van der Waals surface area contributed by atoms with Gasteiger partial charge in [0.25, 0.3) is 0 Å². The normalized spacial score (nSPS) is 11.0. The van der Waals surface area contributed by atoms with Crippen LogP contribution < -0.4 is 0 Å². The van der Waals surface area contributed by atoms with Gasteiger partial charge in [0.1, 0.15) is 11.3 Å². The number of hydrogen-bond donors (Lipinski definition) is 0. The standard InChI is InChI=1S/C21H17NO/c1-14-10-15(2)12-17(11-14)18-8-9-20-19(22-18)13-21(23-20)16-6-4-3-5-7-16/h3-13H,1-2H3. The number of pyridine rings is 1. The van der Waals surface area contributed by atoms with Crippen molar-refractivity contribution in [2.45, 2.75) is 13.8 Å². The summed E-state index contributed by atoms with van der Waals surface area (Å²) in [5.74, 6) is 0.852. The molecule has 0 fully saturated rings. The molecule has 2 heteroatoms. The quantitative estimate of drug-likeness (QED) is 0.469. The third kappa shape index (κ3) is 2.64. The van der Waals surface area contributed by atoms with Gasteiger partial charge in [0, 0.05) is 17.2 Å². The van der Waals surface area contributed by atoms with Gasteiger partial charge in [-0.25, -0.2) is 4.98 Å². The van der Waals surface area contributed by atoms with Crippen molar-refractivity contribution < 1.29 is 4.42 Å². The SMILES string of the molecule is Cc1cc(C)cc(-c2ccc3oc(-c4ccccc4)cc3n2)c1. The molecule has 4 aromatic rings. The van der Waals surface area contributed by atoms with Gasteiger partial charge in [-0.2, -0.15) is 0 Å². The number of fused-ring (bicyclic) bond motifs is 1. The molecule has 0 amide bonds. The molecule has 0 aliphatic heterocycles. The molecule has 2 aromatic heterocycles. The summed E-state index contributed by atoms with van der Waals surface area (Å²) in [7, 11) is 0. The number of furan rings is 1. The fraction of sp³-hybridized carbons (Fsp3) is 0.0952. The highest BCUT2D eigenvalue weighted by Gasteiger charge is 2.09. The van der Waals surface area contributed by atoms with Crippen LogP contribution in [-0.4, -0.2) is 4.98 Å². The molecular weight excluding hydrogens is 282 g/mol. The third-order valence-corrected chi connectivity index (χ3v) is 3.95. The van der Waals surface area contributed by atoms with Crippen molar-refractivity contribution in [3.63, 3.8) is 0 Å². The van der Waals surface area contributed by atoms with E-state index in [9.17, 15) is 0 Å². The lowest BCUT2D eigenvalue weighted by Gasteiger charge is -2.04. The number of aromatic nitrogens is 1. The van der Waals surface area contributed by atoms with E-state index in [1.165, 1.54) is 11.1 Å². The summed E-state index contributed by atoms with van der Waals surface area (Å²) >= 11 is 0. The monoisotopic (exact) mass is 299 g/mol. The van der Waals surface area contributed by atoms with Gasteiger partial charge in [0.15, 0.2) is 5.58 Å². The van der Waals surface area contributed by atoms with E-state index in [1.54, 1.807) is 0 Å². The van der Waals surface area contributed by atoms with E-state index >= 15 is 0 Å². The summed E-state index contributed by atoms with van der Waals surface area (Å²) in [6, 6.07) is 22.7. The average Bonchev–Trinajstić information content (AvgIpc) is 2.98. The maximum atomic E-state index is 5.93. The Labute approximate surface area is 135 Å². The van der Waals surface area contributed by atoms with Gasteiger partial charge in [-0.15, -0.1) is 0 Å². The first-order valence-electron chi connectivity index (χ1n) is 7.74. The van der Waals surface area contributed by atoms with Gasteiger partial charge in [0.2, 0.25) is 0 Å². The van der Waals surface area contributed by atoms with Crippen molar-refractivity contribution in [3.05, 3.63) is 77.9 Å². The van der Waals surface area contributed by atoms with E-state index in [2.05, 4.69) is 32.0 Å². The summed E-state index contributed by atoms with van der Waals surface area (Å²) in [5.41, 5.74) is 7.39. The van der Waals surface area contributed by atoms with Gasteiger partial charge >= 0.3 is 0 Å². The van der Waals surface area contributed by atoms with Crippen LogP contribution in [0.15, 0.2) is 71.1 Å². The highest BCUT2D eigenvalue weighted by Crippen LogP contribution is 2.29. The van der Waals surface area contributed by atoms with E-state index in [1.807, 2.05) is 48.5 Å². The molecule has 0 radical (unpaired) electrons. The van der Waals surface area contributed by atoms with Crippen LogP contribution in [0.1, 0.15) is 11.1 Å². The molecule has 2 nitrogen and oxygen atoms in total. The van der Waals surface area contributed by atoms with E-state index in [0.29, 0.717) is 0 Å². The number of aryl methyl sites for hydroxylation is 2. The second kappa shape index (κ2) is 5.40. The van der Waals surface area contributed by atoms with Crippen molar-refractivity contribution in [2.24, 2.45) is 0 Å². The molecule has 0 unspecified atom stereocenters. The third-order valence-electron chi connectivity index (χ3n) is 3.95. The molecule has 0 N–H and O–H groups in total. The van der Waals surface area contributed by atoms with Crippen LogP contribution in [0, 0.1) is 13.8 Å². The lowest BCUT2D eigenvalue weighted by molar-refractivity contribution is 0.631. The zero-order valence-corrected chi connectivity index (χ0v) is 13.2. The fourth-order valence-electron chi connectivity index (χ4n) is 2.95. The molecule has 0 saturated heterocycles. The lowest BCUT2D eigenvalue weighted by Crippen LogP contribution is -1.86. The molecule has 0 aliphatic rings. The van der Waals surface area contributed by atoms with E-state index < -0.39 is 0 Å². The van der Waals surface area contributed by atoms with Gasteiger partial charge in [-0.05, 0) is 38.1 Å². The number of nitrogens with zero attached hydrogens (tertiary/aromatic N) is 1. The highest BCUT2D eigenvalue weighted by molar-refractivity contribution is 5.82. The maximum absolute atomic E-state index is 5.93. The molecule has 112 valence electrons.